The number of hydrogen-bond acceptors (Lipinski definition) is 5. The Morgan fingerprint density at radius 2 is 1.96 bits per heavy atom. The zero-order chi connectivity index (χ0) is 17.6. The third-order valence-corrected chi connectivity index (χ3v) is 4.95. The Bertz CT molecular complexity index is 1090. The molecule has 0 saturated carbocycles. The lowest BCUT2D eigenvalue weighted by molar-refractivity contribution is 0.174. The van der Waals surface area contributed by atoms with Crippen LogP contribution in [-0.2, 0) is 0 Å². The van der Waals surface area contributed by atoms with E-state index in [4.69, 9.17) is 9.47 Å². The molecule has 0 unspecified atom stereocenters. The molecule has 0 atom stereocenters. The van der Waals surface area contributed by atoms with Crippen molar-refractivity contribution in [2.45, 2.75) is 6.92 Å². The molecular weight excluding hydrogens is 454 g/mol. The van der Waals surface area contributed by atoms with Gasteiger partial charge >= 0.3 is 0 Å². The number of rotatable bonds is 2. The highest BCUT2D eigenvalue weighted by Gasteiger charge is 2.15. The normalized spacial score (nSPS) is 13.1. The Hall–Kier alpha value is -2.19. The molecule has 1 aromatic heterocycles. The molecule has 2 heterocycles. The van der Waals surface area contributed by atoms with Crippen LogP contribution in [0.25, 0.3) is 10.9 Å². The molecule has 2 aromatic carbocycles. The molecule has 6 nitrogen and oxygen atoms in total. The van der Waals surface area contributed by atoms with Gasteiger partial charge in [0.1, 0.15) is 5.82 Å². The van der Waals surface area contributed by atoms with Gasteiger partial charge in [0, 0.05) is 14.5 Å². The number of nitrogens with zero attached hydrogens (tertiary/aromatic N) is 3. The van der Waals surface area contributed by atoms with Crippen molar-refractivity contribution in [2.75, 3.05) is 6.79 Å². The molecule has 8 heteroatoms. The number of hydrogen-bond donors (Lipinski definition) is 0. The minimum Gasteiger partial charge on any atom is -0.454 e. The van der Waals surface area contributed by atoms with E-state index in [-0.39, 0.29) is 12.4 Å². The van der Waals surface area contributed by atoms with E-state index in [1.807, 2.05) is 12.1 Å². The third-order valence-electron chi connectivity index (χ3n) is 3.77. The molecule has 0 bridgehead atoms. The average Bonchev–Trinajstić information content (AvgIpc) is 3.02. The number of aromatic nitrogens is 2. The molecule has 1 aliphatic rings. The van der Waals surface area contributed by atoms with E-state index in [0.717, 1.165) is 14.5 Å². The highest BCUT2D eigenvalue weighted by molar-refractivity contribution is 9.10. The van der Waals surface area contributed by atoms with Crippen LogP contribution in [0.2, 0.25) is 0 Å². The minimum absolute atomic E-state index is 0.199. The summed E-state index contributed by atoms with van der Waals surface area (Å²) < 4.78 is 13.6. The van der Waals surface area contributed by atoms with Crippen molar-refractivity contribution in [2.24, 2.45) is 5.10 Å². The molecule has 0 fully saturated rings. The van der Waals surface area contributed by atoms with Gasteiger partial charge in [-0.2, -0.15) is 9.78 Å². The molecular formula is C17H11Br2N3O3. The largest absolute Gasteiger partial charge is 0.454 e. The molecule has 0 radical (unpaired) electrons. The maximum Gasteiger partial charge on any atom is 0.282 e. The third kappa shape index (κ3) is 2.96. The second kappa shape index (κ2) is 6.27. The van der Waals surface area contributed by atoms with Gasteiger partial charge in [-0.15, -0.1) is 0 Å². The van der Waals surface area contributed by atoms with Gasteiger partial charge < -0.3 is 9.47 Å². The lowest BCUT2D eigenvalue weighted by atomic mass is 10.2. The summed E-state index contributed by atoms with van der Waals surface area (Å²) in [6.45, 7) is 1.94. The molecule has 0 saturated heterocycles. The van der Waals surface area contributed by atoms with Gasteiger partial charge in [0.25, 0.3) is 5.56 Å². The van der Waals surface area contributed by atoms with Crippen LogP contribution in [0.5, 0.6) is 11.5 Å². The second-order valence-electron chi connectivity index (χ2n) is 5.41. The van der Waals surface area contributed by atoms with Gasteiger partial charge in [-0.3, -0.25) is 4.79 Å². The molecule has 0 amide bonds. The lowest BCUT2D eigenvalue weighted by Crippen LogP contribution is -2.20. The van der Waals surface area contributed by atoms with Crippen LogP contribution in [0, 0.1) is 6.92 Å². The number of ether oxygens (including phenoxy) is 2. The first kappa shape index (κ1) is 16.3. The van der Waals surface area contributed by atoms with Crippen LogP contribution < -0.4 is 15.0 Å². The first-order chi connectivity index (χ1) is 12.0. The van der Waals surface area contributed by atoms with Crippen LogP contribution in [0.1, 0.15) is 11.4 Å². The van der Waals surface area contributed by atoms with Gasteiger partial charge in [0.2, 0.25) is 6.79 Å². The predicted octanol–water partition coefficient (Wildman–Crippen LogP) is 3.84. The Morgan fingerprint density at radius 3 is 2.76 bits per heavy atom. The van der Waals surface area contributed by atoms with Crippen molar-refractivity contribution >= 4 is 49.0 Å². The maximum absolute atomic E-state index is 12.7. The zero-order valence-corrected chi connectivity index (χ0v) is 16.2. The van der Waals surface area contributed by atoms with Crippen molar-refractivity contribution < 1.29 is 9.47 Å². The fourth-order valence-electron chi connectivity index (χ4n) is 2.55. The van der Waals surface area contributed by atoms with Crippen LogP contribution in [0.3, 0.4) is 0 Å². The quantitative estimate of drug-likeness (QED) is 0.540. The van der Waals surface area contributed by atoms with Gasteiger partial charge in [-0.1, -0.05) is 15.9 Å². The van der Waals surface area contributed by atoms with Gasteiger partial charge in [-0.05, 0) is 53.2 Å². The van der Waals surface area contributed by atoms with Crippen LogP contribution in [0.15, 0.2) is 49.2 Å². The van der Waals surface area contributed by atoms with Crippen LogP contribution in [0.4, 0.5) is 0 Å². The van der Waals surface area contributed by atoms with E-state index in [9.17, 15) is 4.79 Å². The van der Waals surface area contributed by atoms with Gasteiger partial charge in [0.15, 0.2) is 11.5 Å². The highest BCUT2D eigenvalue weighted by atomic mass is 79.9. The molecule has 0 spiro atoms. The molecule has 4 rings (SSSR count). The highest BCUT2D eigenvalue weighted by Crippen LogP contribution is 2.36. The number of aryl methyl sites for hydroxylation is 1. The maximum atomic E-state index is 12.7. The molecule has 0 N–H and O–H groups in total. The first-order valence-electron chi connectivity index (χ1n) is 7.35. The van der Waals surface area contributed by atoms with E-state index in [1.54, 1.807) is 31.3 Å². The standard InChI is InChI=1S/C17H11Br2N3O3/c1-9-21-14-3-2-11(18)5-12(14)17(23)22(9)20-7-10-4-15-16(6-13(10)19)25-8-24-15/h2-7H,8H2,1H3. The van der Waals surface area contributed by atoms with Crippen LogP contribution >= 0.6 is 31.9 Å². The molecule has 25 heavy (non-hydrogen) atoms. The minimum atomic E-state index is -0.225. The van der Waals surface area contributed by atoms with Crippen molar-refractivity contribution in [3.05, 3.63) is 61.0 Å². The topological polar surface area (TPSA) is 65.7 Å². The van der Waals surface area contributed by atoms with Crippen molar-refractivity contribution in [3.63, 3.8) is 0 Å². The zero-order valence-electron chi connectivity index (χ0n) is 13.0. The summed E-state index contributed by atoms with van der Waals surface area (Å²) in [4.78, 5) is 17.2. The number of fused-ring (bicyclic) bond motifs is 2. The van der Waals surface area contributed by atoms with Gasteiger partial charge in [0.05, 0.1) is 17.1 Å². The van der Waals surface area contributed by atoms with E-state index in [0.29, 0.717) is 28.2 Å². The Morgan fingerprint density at radius 1 is 1.20 bits per heavy atom. The van der Waals surface area contributed by atoms with Gasteiger partial charge in [-0.25, -0.2) is 4.98 Å². The van der Waals surface area contributed by atoms with Crippen molar-refractivity contribution in [1.82, 2.24) is 9.66 Å². The Balaban J connectivity index is 1.81. The van der Waals surface area contributed by atoms with E-state index < -0.39 is 0 Å². The first-order valence-corrected chi connectivity index (χ1v) is 8.94. The lowest BCUT2D eigenvalue weighted by Gasteiger charge is -2.06. The van der Waals surface area contributed by atoms with E-state index in [2.05, 4.69) is 41.9 Å². The average molecular weight is 465 g/mol. The summed E-state index contributed by atoms with van der Waals surface area (Å²) in [7, 11) is 0. The van der Waals surface area contributed by atoms with E-state index in [1.165, 1.54) is 4.68 Å². The Labute approximate surface area is 159 Å². The Kier molecular flexibility index (Phi) is 4.09. The summed E-state index contributed by atoms with van der Waals surface area (Å²) in [6, 6.07) is 9.02. The van der Waals surface area contributed by atoms with Crippen molar-refractivity contribution in [3.8, 4) is 11.5 Å². The summed E-state index contributed by atoms with van der Waals surface area (Å²) in [5.41, 5.74) is 1.18. The molecule has 3 aromatic rings. The summed E-state index contributed by atoms with van der Waals surface area (Å²) in [5, 5.41) is 4.82. The summed E-state index contributed by atoms with van der Waals surface area (Å²) in [5.74, 6) is 1.83. The van der Waals surface area contributed by atoms with E-state index >= 15 is 0 Å². The molecule has 0 aliphatic carbocycles. The van der Waals surface area contributed by atoms with Crippen molar-refractivity contribution in [1.29, 1.82) is 0 Å². The summed E-state index contributed by atoms with van der Waals surface area (Å²) in [6.07, 6.45) is 1.59. The second-order valence-corrected chi connectivity index (χ2v) is 7.18. The number of benzene rings is 2. The fraction of sp³-hybridized carbons (Fsp3) is 0.118. The molecule has 126 valence electrons. The number of halogens is 2. The van der Waals surface area contributed by atoms with Crippen LogP contribution in [-0.4, -0.2) is 22.7 Å². The summed E-state index contributed by atoms with van der Waals surface area (Å²) >= 11 is 6.85. The fourth-order valence-corrected chi connectivity index (χ4v) is 3.33. The smallest absolute Gasteiger partial charge is 0.282 e. The predicted molar refractivity (Wildman–Crippen MR) is 102 cm³/mol. The molecule has 1 aliphatic heterocycles. The monoisotopic (exact) mass is 463 g/mol. The SMILES string of the molecule is Cc1nc2ccc(Br)cc2c(=O)n1N=Cc1cc2c(cc1Br)OCO2.